The van der Waals surface area contributed by atoms with Crippen molar-refractivity contribution in [2.45, 2.75) is 13.1 Å². The van der Waals surface area contributed by atoms with Gasteiger partial charge in [-0.2, -0.15) is 18.3 Å². The van der Waals surface area contributed by atoms with E-state index in [9.17, 15) is 13.2 Å². The van der Waals surface area contributed by atoms with Gasteiger partial charge in [0, 0.05) is 0 Å². The van der Waals surface area contributed by atoms with E-state index in [0.29, 0.717) is 11.3 Å². The summed E-state index contributed by atoms with van der Waals surface area (Å²) in [5, 5.41) is 3.39. The number of alkyl halides is 3. The summed E-state index contributed by atoms with van der Waals surface area (Å²) in [6, 6.07) is 4.69. The van der Waals surface area contributed by atoms with E-state index < -0.39 is 11.7 Å². The molecule has 0 unspecified atom stereocenters. The van der Waals surface area contributed by atoms with Crippen LogP contribution in [0.5, 0.6) is 0 Å². The Bertz CT molecular complexity index is 338. The van der Waals surface area contributed by atoms with E-state index in [-0.39, 0.29) is 0 Å². The van der Waals surface area contributed by atoms with Gasteiger partial charge in [0.2, 0.25) is 0 Å². The van der Waals surface area contributed by atoms with Crippen LogP contribution in [0.25, 0.3) is 0 Å². The van der Waals surface area contributed by atoms with Gasteiger partial charge in [-0.25, -0.2) is 0 Å². The fourth-order valence-corrected chi connectivity index (χ4v) is 0.975. The zero-order chi connectivity index (χ0) is 10.8. The summed E-state index contributed by atoms with van der Waals surface area (Å²) in [7, 11) is 0. The first-order chi connectivity index (χ1) is 6.45. The monoisotopic (exact) mass is 202 g/mol. The molecular formula is C9H9F3N2. The Morgan fingerprint density at radius 2 is 1.71 bits per heavy atom. The molecule has 76 valence electrons. The number of rotatable bonds is 1. The van der Waals surface area contributed by atoms with E-state index in [4.69, 9.17) is 5.84 Å². The molecule has 0 saturated heterocycles. The first kappa shape index (κ1) is 10.6. The molecule has 0 aliphatic heterocycles. The molecule has 0 amide bonds. The summed E-state index contributed by atoms with van der Waals surface area (Å²) >= 11 is 0. The first-order valence-electron chi connectivity index (χ1n) is 3.87. The molecule has 0 aromatic heterocycles. The fraction of sp³-hybridized carbons (Fsp3) is 0.222. The average Bonchev–Trinajstić information content (AvgIpc) is 2.15. The van der Waals surface area contributed by atoms with Crippen molar-refractivity contribution in [3.8, 4) is 0 Å². The van der Waals surface area contributed by atoms with Crippen LogP contribution in [0.3, 0.4) is 0 Å². The maximum atomic E-state index is 12.1. The highest BCUT2D eigenvalue weighted by molar-refractivity contribution is 5.98. The molecule has 0 bridgehead atoms. The number of nitrogens with two attached hydrogens (primary N) is 1. The predicted molar refractivity (Wildman–Crippen MR) is 47.8 cm³/mol. The van der Waals surface area contributed by atoms with E-state index in [2.05, 4.69) is 5.10 Å². The van der Waals surface area contributed by atoms with Crippen molar-refractivity contribution in [1.82, 2.24) is 0 Å². The minimum Gasteiger partial charge on any atom is -0.323 e. The minimum atomic E-state index is -4.30. The van der Waals surface area contributed by atoms with Crippen LogP contribution in [0.2, 0.25) is 0 Å². The first-order valence-corrected chi connectivity index (χ1v) is 3.87. The second kappa shape index (κ2) is 3.69. The van der Waals surface area contributed by atoms with Crippen LogP contribution in [-0.4, -0.2) is 5.71 Å². The number of benzene rings is 1. The maximum Gasteiger partial charge on any atom is 0.416 e. The molecule has 0 radical (unpaired) electrons. The van der Waals surface area contributed by atoms with Crippen molar-refractivity contribution < 1.29 is 13.2 Å². The minimum absolute atomic E-state index is 0.499. The van der Waals surface area contributed by atoms with Crippen LogP contribution in [0.4, 0.5) is 13.2 Å². The fourth-order valence-electron chi connectivity index (χ4n) is 0.975. The Morgan fingerprint density at radius 3 is 2.07 bits per heavy atom. The van der Waals surface area contributed by atoms with Gasteiger partial charge in [0.05, 0.1) is 11.3 Å². The molecule has 1 aromatic rings. The molecule has 2 N–H and O–H groups in total. The Labute approximate surface area is 79.2 Å². The van der Waals surface area contributed by atoms with E-state index in [1.807, 2.05) is 0 Å². The molecule has 0 heterocycles. The lowest BCUT2D eigenvalue weighted by Gasteiger charge is -2.06. The van der Waals surface area contributed by atoms with Crippen LogP contribution < -0.4 is 5.84 Å². The van der Waals surface area contributed by atoms with Gasteiger partial charge in [-0.1, -0.05) is 12.1 Å². The van der Waals surface area contributed by atoms with Crippen LogP contribution >= 0.6 is 0 Å². The van der Waals surface area contributed by atoms with Crippen molar-refractivity contribution in [1.29, 1.82) is 0 Å². The zero-order valence-corrected chi connectivity index (χ0v) is 7.47. The highest BCUT2D eigenvalue weighted by atomic mass is 19.4. The number of hydrogen-bond donors (Lipinski definition) is 1. The molecule has 14 heavy (non-hydrogen) atoms. The summed E-state index contributed by atoms with van der Waals surface area (Å²) in [5.74, 6) is 4.99. The zero-order valence-electron chi connectivity index (χ0n) is 7.47. The molecule has 1 rings (SSSR count). The van der Waals surface area contributed by atoms with Crippen molar-refractivity contribution >= 4 is 5.71 Å². The van der Waals surface area contributed by atoms with Crippen LogP contribution in [0.15, 0.2) is 29.4 Å². The lowest BCUT2D eigenvalue weighted by atomic mass is 10.1. The third kappa shape index (κ3) is 2.25. The summed E-state index contributed by atoms with van der Waals surface area (Å²) in [5.41, 5.74) is 0.408. The van der Waals surface area contributed by atoms with Gasteiger partial charge in [0.25, 0.3) is 0 Å². The smallest absolute Gasteiger partial charge is 0.323 e. The van der Waals surface area contributed by atoms with E-state index >= 15 is 0 Å². The molecule has 0 spiro atoms. The van der Waals surface area contributed by atoms with Gasteiger partial charge in [0.1, 0.15) is 0 Å². The molecule has 1 aromatic carbocycles. The number of halogens is 3. The lowest BCUT2D eigenvalue weighted by molar-refractivity contribution is -0.137. The topological polar surface area (TPSA) is 38.4 Å². The largest absolute Gasteiger partial charge is 0.416 e. The van der Waals surface area contributed by atoms with Gasteiger partial charge in [-0.15, -0.1) is 0 Å². The number of nitrogens with zero attached hydrogens (tertiary/aromatic N) is 1. The highest BCUT2D eigenvalue weighted by Gasteiger charge is 2.29. The number of hydrazone groups is 1. The Morgan fingerprint density at radius 1 is 1.21 bits per heavy atom. The molecule has 0 fully saturated rings. The van der Waals surface area contributed by atoms with Gasteiger partial charge >= 0.3 is 6.18 Å². The SMILES string of the molecule is C/C(=N/N)c1ccc(C(F)(F)F)cc1. The summed E-state index contributed by atoms with van der Waals surface area (Å²) in [4.78, 5) is 0. The molecule has 0 saturated carbocycles. The summed E-state index contributed by atoms with van der Waals surface area (Å²) in [6.07, 6.45) is -4.30. The van der Waals surface area contributed by atoms with Crippen molar-refractivity contribution in [2.24, 2.45) is 10.9 Å². The van der Waals surface area contributed by atoms with Crippen LogP contribution in [-0.2, 0) is 6.18 Å². The second-order valence-electron chi connectivity index (χ2n) is 2.79. The van der Waals surface area contributed by atoms with E-state index in [0.717, 1.165) is 12.1 Å². The van der Waals surface area contributed by atoms with Crippen LogP contribution in [0, 0.1) is 0 Å². The van der Waals surface area contributed by atoms with Gasteiger partial charge < -0.3 is 5.84 Å². The third-order valence-corrected chi connectivity index (χ3v) is 1.82. The van der Waals surface area contributed by atoms with Crippen molar-refractivity contribution in [3.05, 3.63) is 35.4 Å². The standard InChI is InChI=1S/C9H9F3N2/c1-6(14-13)7-2-4-8(5-3-7)9(10,11)12/h2-5H,13H2,1H3/b14-6-. The molecule has 2 nitrogen and oxygen atoms in total. The maximum absolute atomic E-state index is 12.1. The second-order valence-corrected chi connectivity index (χ2v) is 2.79. The van der Waals surface area contributed by atoms with Crippen molar-refractivity contribution in [2.75, 3.05) is 0 Å². The summed E-state index contributed by atoms with van der Waals surface area (Å²) < 4.78 is 36.4. The van der Waals surface area contributed by atoms with Gasteiger partial charge in [-0.05, 0) is 24.6 Å². The predicted octanol–water partition coefficient (Wildman–Crippen LogP) is 2.39. The van der Waals surface area contributed by atoms with E-state index in [1.165, 1.54) is 12.1 Å². The molecule has 5 heteroatoms. The van der Waals surface area contributed by atoms with Crippen molar-refractivity contribution in [3.63, 3.8) is 0 Å². The Hall–Kier alpha value is -1.52. The number of hydrogen-bond acceptors (Lipinski definition) is 2. The third-order valence-electron chi connectivity index (χ3n) is 1.82. The van der Waals surface area contributed by atoms with E-state index in [1.54, 1.807) is 6.92 Å². The Balaban J connectivity index is 3.01. The quantitative estimate of drug-likeness (QED) is 0.424. The van der Waals surface area contributed by atoms with Gasteiger partial charge in [-0.3, -0.25) is 0 Å². The molecule has 0 aliphatic carbocycles. The van der Waals surface area contributed by atoms with Gasteiger partial charge in [0.15, 0.2) is 0 Å². The summed E-state index contributed by atoms with van der Waals surface area (Å²) in [6.45, 7) is 1.63. The van der Waals surface area contributed by atoms with Crippen LogP contribution in [0.1, 0.15) is 18.1 Å². The Kier molecular flexibility index (Phi) is 2.78. The normalized spacial score (nSPS) is 13.0. The highest BCUT2D eigenvalue weighted by Crippen LogP contribution is 2.29. The average molecular weight is 202 g/mol. The lowest BCUT2D eigenvalue weighted by Crippen LogP contribution is -2.05. The molecule has 0 atom stereocenters. The molecular weight excluding hydrogens is 193 g/mol. The molecule has 0 aliphatic rings.